The van der Waals surface area contributed by atoms with Crippen LogP contribution in [0.15, 0.2) is 30.3 Å². The van der Waals surface area contributed by atoms with Crippen LogP contribution in [0.2, 0.25) is 0 Å². The van der Waals surface area contributed by atoms with E-state index in [1.54, 1.807) is 0 Å². The van der Waals surface area contributed by atoms with Crippen LogP contribution in [0.3, 0.4) is 0 Å². The van der Waals surface area contributed by atoms with Crippen molar-refractivity contribution < 1.29 is 0 Å². The maximum absolute atomic E-state index is 5.51. The second-order valence-corrected chi connectivity index (χ2v) is 3.74. The van der Waals surface area contributed by atoms with E-state index in [2.05, 4.69) is 38.8 Å². The van der Waals surface area contributed by atoms with Crippen molar-refractivity contribution in [3.05, 3.63) is 41.5 Å². The molecule has 0 saturated heterocycles. The molecule has 0 aliphatic carbocycles. The first kappa shape index (κ1) is 15.5. The summed E-state index contributed by atoms with van der Waals surface area (Å²) in [6.07, 6.45) is 8.82. The van der Waals surface area contributed by atoms with Gasteiger partial charge in [-0.3, -0.25) is 0 Å². The highest BCUT2D eigenvalue weighted by atomic mass is 14.1. The quantitative estimate of drug-likeness (QED) is 0.628. The number of benzene rings is 1. The van der Waals surface area contributed by atoms with Gasteiger partial charge in [-0.15, -0.1) is 6.42 Å². The number of allylic oxidation sites excluding steroid dienone is 2. The van der Waals surface area contributed by atoms with Crippen LogP contribution in [-0.2, 0) is 0 Å². The lowest BCUT2D eigenvalue weighted by atomic mass is 9.89. The Bertz CT molecular complexity index is 391. The molecule has 1 rings (SSSR count). The topological polar surface area (TPSA) is 0 Å². The van der Waals surface area contributed by atoms with Crippen molar-refractivity contribution >= 4 is 5.57 Å². The molecule has 0 radical (unpaired) electrons. The summed E-state index contributed by atoms with van der Waals surface area (Å²) in [5.41, 5.74) is 3.55. The predicted molar refractivity (Wildman–Crippen MR) is 78.8 cm³/mol. The first-order valence-electron chi connectivity index (χ1n) is 6.46. The van der Waals surface area contributed by atoms with Gasteiger partial charge >= 0.3 is 0 Å². The minimum atomic E-state index is 0.560. The number of rotatable bonds is 3. The lowest BCUT2D eigenvalue weighted by molar-refractivity contribution is 0.716. The molecule has 0 aliphatic heterocycles. The van der Waals surface area contributed by atoms with E-state index in [1.807, 2.05) is 32.0 Å². The van der Waals surface area contributed by atoms with E-state index in [0.29, 0.717) is 5.92 Å². The molecule has 0 amide bonds. The van der Waals surface area contributed by atoms with Crippen molar-refractivity contribution in [2.24, 2.45) is 5.92 Å². The fourth-order valence-electron chi connectivity index (χ4n) is 1.79. The number of hydrogen-bond acceptors (Lipinski definition) is 0. The highest BCUT2D eigenvalue weighted by Gasteiger charge is 2.10. The lowest BCUT2D eigenvalue weighted by Crippen LogP contribution is -1.99. The Kier molecular flexibility index (Phi) is 7.89. The summed E-state index contributed by atoms with van der Waals surface area (Å²) >= 11 is 0. The zero-order chi connectivity index (χ0) is 13.3. The smallest absolute Gasteiger partial charge is 0.0317 e. The molecule has 0 bridgehead atoms. The average Bonchev–Trinajstić information content (AvgIpc) is 2.42. The van der Waals surface area contributed by atoms with Gasteiger partial charge in [-0.1, -0.05) is 57.9 Å². The largest absolute Gasteiger partial charge is 0.115 e. The molecule has 0 heterocycles. The second kappa shape index (κ2) is 8.65. The van der Waals surface area contributed by atoms with Gasteiger partial charge in [0.05, 0.1) is 0 Å². The second-order valence-electron chi connectivity index (χ2n) is 3.74. The average molecular weight is 228 g/mol. The number of terminal acetylenes is 1. The van der Waals surface area contributed by atoms with Crippen molar-refractivity contribution in [3.8, 4) is 12.3 Å². The molecule has 0 fully saturated rings. The highest BCUT2D eigenvalue weighted by molar-refractivity contribution is 5.72. The van der Waals surface area contributed by atoms with Crippen LogP contribution >= 0.6 is 0 Å². The van der Waals surface area contributed by atoms with Gasteiger partial charge in [-0.25, -0.2) is 0 Å². The van der Waals surface area contributed by atoms with E-state index >= 15 is 0 Å². The van der Waals surface area contributed by atoms with Gasteiger partial charge in [0.25, 0.3) is 0 Å². The van der Waals surface area contributed by atoms with Crippen molar-refractivity contribution in [1.82, 2.24) is 0 Å². The third kappa shape index (κ3) is 4.11. The van der Waals surface area contributed by atoms with E-state index in [4.69, 9.17) is 6.42 Å². The molecule has 0 N–H and O–H groups in total. The summed E-state index contributed by atoms with van der Waals surface area (Å²) in [6, 6.07) is 8.14. The summed E-state index contributed by atoms with van der Waals surface area (Å²) in [5.74, 6) is 3.31. The Morgan fingerprint density at radius 3 is 2.41 bits per heavy atom. The van der Waals surface area contributed by atoms with Gasteiger partial charge in [-0.2, -0.15) is 0 Å². The lowest BCUT2D eigenvalue weighted by Gasteiger charge is -2.15. The van der Waals surface area contributed by atoms with Crippen LogP contribution in [0.4, 0.5) is 0 Å². The van der Waals surface area contributed by atoms with Crippen LogP contribution in [-0.4, -0.2) is 0 Å². The molecule has 92 valence electrons. The van der Waals surface area contributed by atoms with Crippen molar-refractivity contribution in [2.45, 2.75) is 41.0 Å². The van der Waals surface area contributed by atoms with Gasteiger partial charge in [0, 0.05) is 5.56 Å². The SMILES string of the molecule is C#Cc1ccccc1/C(=C\C)C(C)CC.CC. The van der Waals surface area contributed by atoms with Gasteiger partial charge in [-0.05, 0) is 36.5 Å². The van der Waals surface area contributed by atoms with Crippen LogP contribution in [0.1, 0.15) is 52.2 Å². The molecule has 0 heteroatoms. The van der Waals surface area contributed by atoms with Gasteiger partial charge in [0.15, 0.2) is 0 Å². The summed E-state index contributed by atoms with van der Waals surface area (Å²) < 4.78 is 0. The molecule has 1 aromatic carbocycles. The summed E-state index contributed by atoms with van der Waals surface area (Å²) in [5, 5.41) is 0. The first-order valence-corrected chi connectivity index (χ1v) is 6.46. The molecule has 1 atom stereocenters. The maximum Gasteiger partial charge on any atom is 0.0317 e. The van der Waals surface area contributed by atoms with E-state index in [-0.39, 0.29) is 0 Å². The van der Waals surface area contributed by atoms with E-state index in [1.165, 1.54) is 11.1 Å². The third-order valence-corrected chi connectivity index (χ3v) is 2.85. The Morgan fingerprint density at radius 2 is 1.94 bits per heavy atom. The third-order valence-electron chi connectivity index (χ3n) is 2.85. The molecule has 0 aliphatic rings. The Balaban J connectivity index is 0.00000121. The van der Waals surface area contributed by atoms with Gasteiger partial charge in [0.1, 0.15) is 0 Å². The standard InChI is InChI=1S/C15H18.C2H6/c1-5-12(4)14(7-3)15-11-9-8-10-13(15)6-2;1-2/h2,7-12H,5H2,1,3-4H3;1-2H3/b14-7-;. The molecule has 17 heavy (non-hydrogen) atoms. The Labute approximate surface area is 107 Å². The predicted octanol–water partition coefficient (Wildman–Crippen LogP) is 5.14. The van der Waals surface area contributed by atoms with Crippen molar-refractivity contribution in [3.63, 3.8) is 0 Å². The van der Waals surface area contributed by atoms with Gasteiger partial charge in [0.2, 0.25) is 0 Å². The van der Waals surface area contributed by atoms with Crippen LogP contribution < -0.4 is 0 Å². The first-order chi connectivity index (χ1) is 8.24. The van der Waals surface area contributed by atoms with E-state index < -0.39 is 0 Å². The molecule has 0 aromatic heterocycles. The molecule has 1 aromatic rings. The minimum absolute atomic E-state index is 0.560. The summed E-state index contributed by atoms with van der Waals surface area (Å²) in [7, 11) is 0. The zero-order valence-corrected chi connectivity index (χ0v) is 11.7. The molecule has 0 nitrogen and oxygen atoms in total. The van der Waals surface area contributed by atoms with Crippen molar-refractivity contribution in [1.29, 1.82) is 0 Å². The zero-order valence-electron chi connectivity index (χ0n) is 11.7. The normalized spacial score (nSPS) is 12.1. The molecular weight excluding hydrogens is 204 g/mol. The van der Waals surface area contributed by atoms with E-state index in [0.717, 1.165) is 12.0 Å². The van der Waals surface area contributed by atoms with Crippen LogP contribution in [0.25, 0.3) is 5.57 Å². The van der Waals surface area contributed by atoms with E-state index in [9.17, 15) is 0 Å². The van der Waals surface area contributed by atoms with Crippen molar-refractivity contribution in [2.75, 3.05) is 0 Å². The Morgan fingerprint density at radius 1 is 1.35 bits per heavy atom. The maximum atomic E-state index is 5.51. The fourth-order valence-corrected chi connectivity index (χ4v) is 1.79. The minimum Gasteiger partial charge on any atom is -0.115 e. The summed E-state index contributed by atoms with van der Waals surface area (Å²) in [6.45, 7) is 10.5. The van der Waals surface area contributed by atoms with Gasteiger partial charge < -0.3 is 0 Å². The highest BCUT2D eigenvalue weighted by Crippen LogP contribution is 2.27. The molecule has 0 spiro atoms. The molecule has 1 unspecified atom stereocenters. The van der Waals surface area contributed by atoms with Crippen LogP contribution in [0.5, 0.6) is 0 Å². The molecule has 0 saturated carbocycles. The Hall–Kier alpha value is -1.48. The number of hydrogen-bond donors (Lipinski definition) is 0. The summed E-state index contributed by atoms with van der Waals surface area (Å²) in [4.78, 5) is 0. The van der Waals surface area contributed by atoms with Crippen LogP contribution in [0, 0.1) is 18.3 Å². The molecular formula is C17H24. The fraction of sp³-hybridized carbons (Fsp3) is 0.412. The monoisotopic (exact) mass is 228 g/mol.